The molecule has 114 valence electrons. The molecule has 0 aliphatic carbocycles. The van der Waals surface area contributed by atoms with Crippen molar-refractivity contribution in [3.63, 3.8) is 0 Å². The maximum Gasteiger partial charge on any atom is 0.339 e. The van der Waals surface area contributed by atoms with Gasteiger partial charge in [0.15, 0.2) is 0 Å². The Kier molecular flexibility index (Phi) is 5.35. The van der Waals surface area contributed by atoms with Crippen molar-refractivity contribution in [1.29, 1.82) is 0 Å². The monoisotopic (exact) mass is 311 g/mol. The van der Waals surface area contributed by atoms with Gasteiger partial charge in [-0.25, -0.2) is 13.2 Å². The number of carbonyl (C=O) groups is 1. The normalized spacial score (nSPS) is 12.6. The van der Waals surface area contributed by atoms with Crippen LogP contribution in [-0.4, -0.2) is 30.6 Å². The smallest absolute Gasteiger partial charge is 0.339 e. The van der Waals surface area contributed by atoms with Gasteiger partial charge >= 0.3 is 5.97 Å². The van der Waals surface area contributed by atoms with Crippen molar-refractivity contribution in [3.05, 3.63) is 23.3 Å². The number of carboxylic acid groups (broad SMARTS) is 1. The molecule has 1 aromatic rings. The standard InChI is InChI=1S/C14H17NO5S/c1-4-6-10(5-2)15-21(19,20)13-8-11(14(17)18)12(16)7-9(13)3/h2,7-8,10,15-16H,4,6H2,1,3H3,(H,17,18). The Bertz CT molecular complexity index is 688. The Morgan fingerprint density at radius 1 is 1.48 bits per heavy atom. The lowest BCUT2D eigenvalue weighted by molar-refractivity contribution is 0.0693. The average molecular weight is 311 g/mol. The van der Waals surface area contributed by atoms with E-state index in [9.17, 15) is 18.3 Å². The van der Waals surface area contributed by atoms with Gasteiger partial charge in [-0.1, -0.05) is 19.3 Å². The van der Waals surface area contributed by atoms with Crippen LogP contribution in [0.3, 0.4) is 0 Å². The number of terminal acetylenes is 1. The third-order valence-electron chi connectivity index (χ3n) is 2.89. The summed E-state index contributed by atoms with van der Waals surface area (Å²) >= 11 is 0. The highest BCUT2D eigenvalue weighted by atomic mass is 32.2. The topological polar surface area (TPSA) is 104 Å². The van der Waals surface area contributed by atoms with Crippen molar-refractivity contribution < 1.29 is 23.4 Å². The van der Waals surface area contributed by atoms with E-state index in [-0.39, 0.29) is 10.5 Å². The molecule has 1 aromatic carbocycles. The van der Waals surface area contributed by atoms with Gasteiger partial charge in [0.25, 0.3) is 0 Å². The summed E-state index contributed by atoms with van der Waals surface area (Å²) in [6.45, 7) is 3.33. The summed E-state index contributed by atoms with van der Waals surface area (Å²) in [5.74, 6) is 0.445. The van der Waals surface area contributed by atoms with E-state index in [1.807, 2.05) is 6.92 Å². The number of nitrogens with one attached hydrogen (secondary N) is 1. The average Bonchev–Trinajstić information content (AvgIpc) is 2.37. The number of aryl methyl sites for hydroxylation is 1. The molecule has 3 N–H and O–H groups in total. The Morgan fingerprint density at radius 2 is 2.10 bits per heavy atom. The lowest BCUT2D eigenvalue weighted by Gasteiger charge is -2.15. The number of aromatic carboxylic acids is 1. The SMILES string of the molecule is C#CC(CCC)NS(=O)(=O)c1cc(C(=O)O)c(O)cc1C. The molecule has 21 heavy (non-hydrogen) atoms. The molecular weight excluding hydrogens is 294 g/mol. The van der Waals surface area contributed by atoms with Crippen molar-refractivity contribution in [2.24, 2.45) is 0 Å². The number of sulfonamides is 1. The number of aromatic hydroxyl groups is 1. The van der Waals surface area contributed by atoms with E-state index in [1.54, 1.807) is 0 Å². The number of hydrogen-bond acceptors (Lipinski definition) is 4. The van der Waals surface area contributed by atoms with Gasteiger partial charge in [-0.2, -0.15) is 4.72 Å². The third kappa shape index (κ3) is 3.97. The van der Waals surface area contributed by atoms with Gasteiger partial charge in [-0.15, -0.1) is 6.42 Å². The van der Waals surface area contributed by atoms with E-state index < -0.39 is 33.3 Å². The molecule has 0 aliphatic rings. The molecule has 0 saturated carbocycles. The fraction of sp³-hybridized carbons (Fsp3) is 0.357. The summed E-state index contributed by atoms with van der Waals surface area (Å²) in [5.41, 5.74) is -0.244. The second-order valence-electron chi connectivity index (χ2n) is 4.57. The summed E-state index contributed by atoms with van der Waals surface area (Å²) in [6, 6.07) is 1.36. The fourth-order valence-corrected chi connectivity index (χ4v) is 3.29. The van der Waals surface area contributed by atoms with Crippen LogP contribution in [0.2, 0.25) is 0 Å². The quantitative estimate of drug-likeness (QED) is 0.690. The number of rotatable bonds is 6. The van der Waals surface area contributed by atoms with Crippen LogP contribution in [0.4, 0.5) is 0 Å². The molecule has 0 radical (unpaired) electrons. The molecule has 0 aromatic heterocycles. The minimum Gasteiger partial charge on any atom is -0.507 e. The van der Waals surface area contributed by atoms with Crippen molar-refractivity contribution in [3.8, 4) is 18.1 Å². The lowest BCUT2D eigenvalue weighted by atomic mass is 10.1. The van der Waals surface area contributed by atoms with Crippen molar-refractivity contribution in [1.82, 2.24) is 4.72 Å². The number of benzene rings is 1. The van der Waals surface area contributed by atoms with E-state index in [1.165, 1.54) is 6.92 Å². The van der Waals surface area contributed by atoms with E-state index in [4.69, 9.17) is 11.5 Å². The van der Waals surface area contributed by atoms with Crippen LogP contribution in [0.15, 0.2) is 17.0 Å². The maximum atomic E-state index is 12.3. The molecule has 6 nitrogen and oxygen atoms in total. The van der Waals surface area contributed by atoms with Gasteiger partial charge in [0.1, 0.15) is 11.3 Å². The van der Waals surface area contributed by atoms with Crippen LogP contribution in [-0.2, 0) is 10.0 Å². The van der Waals surface area contributed by atoms with Crippen LogP contribution in [0, 0.1) is 19.3 Å². The predicted octanol–water partition coefficient (Wildman–Crippen LogP) is 1.48. The summed E-state index contributed by atoms with van der Waals surface area (Å²) in [6.07, 6.45) is 6.44. The molecule has 1 unspecified atom stereocenters. The summed E-state index contributed by atoms with van der Waals surface area (Å²) in [5, 5.41) is 18.5. The molecule has 0 saturated heterocycles. The molecule has 0 heterocycles. The molecule has 7 heteroatoms. The fourth-order valence-electron chi connectivity index (χ4n) is 1.85. The molecule has 1 rings (SSSR count). The zero-order valence-electron chi connectivity index (χ0n) is 11.8. The van der Waals surface area contributed by atoms with Crippen LogP contribution in [0.25, 0.3) is 0 Å². The Hall–Kier alpha value is -2.04. The predicted molar refractivity (Wildman–Crippen MR) is 77.7 cm³/mol. The molecular formula is C14H17NO5S. The lowest BCUT2D eigenvalue weighted by Crippen LogP contribution is -2.34. The zero-order valence-corrected chi connectivity index (χ0v) is 12.6. The van der Waals surface area contributed by atoms with Crippen molar-refractivity contribution >= 4 is 16.0 Å². The maximum absolute atomic E-state index is 12.3. The van der Waals surface area contributed by atoms with Crippen LogP contribution in [0.5, 0.6) is 5.75 Å². The molecule has 0 spiro atoms. The molecule has 0 amide bonds. The highest BCUT2D eigenvalue weighted by Gasteiger charge is 2.23. The zero-order chi connectivity index (χ0) is 16.2. The van der Waals surface area contributed by atoms with Gasteiger partial charge in [-0.05, 0) is 31.0 Å². The Morgan fingerprint density at radius 3 is 2.57 bits per heavy atom. The van der Waals surface area contributed by atoms with Gasteiger partial charge < -0.3 is 10.2 Å². The van der Waals surface area contributed by atoms with E-state index >= 15 is 0 Å². The second kappa shape index (κ2) is 6.61. The second-order valence-corrected chi connectivity index (χ2v) is 6.25. The van der Waals surface area contributed by atoms with Crippen molar-refractivity contribution in [2.45, 2.75) is 37.6 Å². The summed E-state index contributed by atoms with van der Waals surface area (Å²) in [7, 11) is -3.96. The molecule has 0 bridgehead atoms. The van der Waals surface area contributed by atoms with E-state index in [0.717, 1.165) is 12.1 Å². The number of carboxylic acids is 1. The third-order valence-corrected chi connectivity index (χ3v) is 4.50. The van der Waals surface area contributed by atoms with Crippen LogP contribution >= 0.6 is 0 Å². The molecule has 0 fully saturated rings. The summed E-state index contributed by atoms with van der Waals surface area (Å²) < 4.78 is 27.0. The Labute approximate surface area is 123 Å². The largest absolute Gasteiger partial charge is 0.507 e. The number of hydrogen-bond donors (Lipinski definition) is 3. The first-order valence-corrected chi connectivity index (χ1v) is 7.76. The summed E-state index contributed by atoms with van der Waals surface area (Å²) in [4.78, 5) is 10.8. The first kappa shape index (κ1) is 17.0. The van der Waals surface area contributed by atoms with Crippen molar-refractivity contribution in [2.75, 3.05) is 0 Å². The highest BCUT2D eigenvalue weighted by molar-refractivity contribution is 7.89. The van der Waals surface area contributed by atoms with Gasteiger partial charge in [0, 0.05) is 0 Å². The first-order valence-electron chi connectivity index (χ1n) is 6.28. The first-order chi connectivity index (χ1) is 9.72. The minimum absolute atomic E-state index is 0.214. The molecule has 0 aliphatic heterocycles. The van der Waals surface area contributed by atoms with Gasteiger partial charge in [0.2, 0.25) is 10.0 Å². The van der Waals surface area contributed by atoms with Crippen LogP contribution < -0.4 is 4.72 Å². The Balaban J connectivity index is 3.29. The van der Waals surface area contributed by atoms with Gasteiger partial charge in [0.05, 0.1) is 10.9 Å². The molecule has 1 atom stereocenters. The van der Waals surface area contributed by atoms with Crippen LogP contribution in [0.1, 0.15) is 35.7 Å². The highest BCUT2D eigenvalue weighted by Crippen LogP contribution is 2.25. The number of phenols is 1. The van der Waals surface area contributed by atoms with E-state index in [2.05, 4.69) is 10.6 Å². The minimum atomic E-state index is -3.96. The van der Waals surface area contributed by atoms with Gasteiger partial charge in [-0.3, -0.25) is 0 Å². The van der Waals surface area contributed by atoms with E-state index in [0.29, 0.717) is 12.8 Å².